The summed E-state index contributed by atoms with van der Waals surface area (Å²) in [6.45, 7) is 3.15. The van der Waals surface area contributed by atoms with Crippen LogP contribution >= 0.6 is 11.6 Å². The Morgan fingerprint density at radius 2 is 1.75 bits per heavy atom. The van der Waals surface area contributed by atoms with E-state index in [2.05, 4.69) is 5.32 Å². The monoisotopic (exact) mass is 603 g/mol. The van der Waals surface area contributed by atoms with Gasteiger partial charge in [0.25, 0.3) is 5.91 Å². The Morgan fingerprint density at radius 3 is 2.35 bits per heavy atom. The van der Waals surface area contributed by atoms with Gasteiger partial charge in [0.15, 0.2) is 19.7 Å². The zero-order chi connectivity index (χ0) is 29.2. The van der Waals surface area contributed by atoms with Gasteiger partial charge < -0.3 is 14.8 Å². The summed E-state index contributed by atoms with van der Waals surface area (Å²) in [4.78, 5) is 18.1. The molecule has 212 valence electrons. The summed E-state index contributed by atoms with van der Waals surface area (Å²) in [7, 11) is -6.88. The lowest BCUT2D eigenvalue weighted by Crippen LogP contribution is -2.30. The van der Waals surface area contributed by atoms with Gasteiger partial charge >= 0.3 is 0 Å². The number of fused-ring (bicyclic) bond motifs is 1. The normalized spacial score (nSPS) is 12.9. The second-order valence-electron chi connectivity index (χ2n) is 9.38. The Morgan fingerprint density at radius 1 is 1.05 bits per heavy atom. The van der Waals surface area contributed by atoms with E-state index in [0.717, 1.165) is 11.9 Å². The van der Waals surface area contributed by atoms with Gasteiger partial charge in [-0.25, -0.2) is 21.8 Å². The molecule has 2 aromatic carbocycles. The molecule has 0 aliphatic carbocycles. The average molecular weight is 604 g/mol. The molecule has 4 rings (SSSR count). The van der Waals surface area contributed by atoms with Crippen LogP contribution in [0.1, 0.15) is 52.8 Å². The minimum atomic E-state index is -3.51. The smallest absolute Gasteiger partial charge is 0.252 e. The van der Waals surface area contributed by atoms with Crippen molar-refractivity contribution < 1.29 is 26.7 Å². The first-order chi connectivity index (χ1) is 18.9. The Bertz CT molecular complexity index is 1780. The molecular formula is C28H30ClN3O6S2. The molecule has 0 bridgehead atoms. The topological polar surface area (TPSA) is 135 Å². The fourth-order valence-electron chi connectivity index (χ4n) is 4.55. The number of benzene rings is 2. The number of aromatic nitrogens is 2. The number of aliphatic hydroxyl groups is 1. The van der Waals surface area contributed by atoms with E-state index in [4.69, 9.17) is 16.6 Å². The fraction of sp³-hybridized carbons (Fsp3) is 0.286. The summed E-state index contributed by atoms with van der Waals surface area (Å²) >= 11 is 6.05. The number of nitrogens with one attached hydrogen (secondary N) is 1. The van der Waals surface area contributed by atoms with E-state index in [9.17, 15) is 26.7 Å². The van der Waals surface area contributed by atoms with Crippen LogP contribution in [0.15, 0.2) is 70.6 Å². The summed E-state index contributed by atoms with van der Waals surface area (Å²) in [6.07, 6.45) is 3.76. The number of nitrogens with zero attached hydrogens (tertiary/aromatic N) is 2. The van der Waals surface area contributed by atoms with Crippen molar-refractivity contribution in [2.45, 2.75) is 42.5 Å². The number of aryl methyl sites for hydroxylation is 1. The molecule has 0 saturated heterocycles. The lowest BCUT2D eigenvalue weighted by molar-refractivity contribution is 0.0916. The number of hydrogen-bond acceptors (Lipinski definition) is 7. The van der Waals surface area contributed by atoms with Gasteiger partial charge in [-0.3, -0.25) is 4.79 Å². The fourth-order valence-corrected chi connectivity index (χ4v) is 6.63. The third kappa shape index (κ3) is 6.22. The van der Waals surface area contributed by atoms with Gasteiger partial charge in [0, 0.05) is 35.2 Å². The van der Waals surface area contributed by atoms with Crippen molar-refractivity contribution in [2.75, 3.05) is 18.6 Å². The average Bonchev–Trinajstić information content (AvgIpc) is 3.28. The molecule has 0 aliphatic heterocycles. The maximum atomic E-state index is 13.1. The summed E-state index contributed by atoms with van der Waals surface area (Å²) in [5.41, 5.74) is 3.54. The van der Waals surface area contributed by atoms with Crippen molar-refractivity contribution in [3.8, 4) is 0 Å². The molecule has 2 N–H and O–H groups in total. The maximum Gasteiger partial charge on any atom is 0.252 e. The molecular weight excluding hydrogens is 574 g/mol. The van der Waals surface area contributed by atoms with E-state index in [1.807, 2.05) is 11.3 Å². The van der Waals surface area contributed by atoms with Crippen LogP contribution in [0.2, 0.25) is 5.02 Å². The second-order valence-corrected chi connectivity index (χ2v) is 14.1. The summed E-state index contributed by atoms with van der Waals surface area (Å²) in [6, 6.07) is 13.3. The number of carbonyl (C=O) groups excluding carboxylic acids is 1. The number of sulfone groups is 2. The predicted octanol–water partition coefficient (Wildman–Crippen LogP) is 3.80. The molecule has 0 fully saturated rings. The van der Waals surface area contributed by atoms with Gasteiger partial charge in [-0.15, -0.1) is 0 Å². The first-order valence-corrected chi connectivity index (χ1v) is 16.5. The zero-order valence-electron chi connectivity index (χ0n) is 22.3. The maximum absolute atomic E-state index is 13.1. The van der Waals surface area contributed by atoms with Crippen LogP contribution in [-0.2, 0) is 32.5 Å². The van der Waals surface area contributed by atoms with Crippen molar-refractivity contribution in [1.82, 2.24) is 14.7 Å². The van der Waals surface area contributed by atoms with Crippen molar-refractivity contribution in [1.29, 1.82) is 0 Å². The highest BCUT2D eigenvalue weighted by atomic mass is 35.5. The minimum absolute atomic E-state index is 0.0250. The lowest BCUT2D eigenvalue weighted by atomic mass is 10.1. The van der Waals surface area contributed by atoms with Crippen molar-refractivity contribution in [3.05, 3.63) is 93.9 Å². The van der Waals surface area contributed by atoms with E-state index >= 15 is 0 Å². The standard InChI is InChI=1S/C28H30ClN3O6S2/c1-4-25-23(14-19-6-9-21(29)16-26(19)39(3,35)36)30-27-15-20(12-13-32(25)27)28(34)31-24(17-33)18-7-10-22(11-8-18)40(37,38)5-2/h6-13,15-16,24,33H,4-5,14,17H2,1-3H3,(H,31,34)/t24-/m0/s1. The third-order valence-corrected chi connectivity index (χ3v) is 9.87. The van der Waals surface area contributed by atoms with Crippen molar-refractivity contribution in [3.63, 3.8) is 0 Å². The summed E-state index contributed by atoms with van der Waals surface area (Å²) in [5, 5.41) is 13.0. The largest absolute Gasteiger partial charge is 0.394 e. The summed E-state index contributed by atoms with van der Waals surface area (Å²) < 4.78 is 50.7. The SMILES string of the molecule is CCc1c(Cc2ccc(Cl)cc2S(C)(=O)=O)nc2cc(C(=O)N[C@@H](CO)c3ccc(S(=O)(=O)CC)cc3)ccn12. The van der Waals surface area contributed by atoms with E-state index in [1.165, 1.54) is 18.2 Å². The molecule has 1 amide bonds. The number of halogens is 1. The van der Waals surface area contributed by atoms with Crippen LogP contribution in [0.4, 0.5) is 0 Å². The molecule has 9 nitrogen and oxygen atoms in total. The molecule has 0 unspecified atom stereocenters. The molecule has 2 heterocycles. The third-order valence-electron chi connectivity index (χ3n) is 6.70. The zero-order valence-corrected chi connectivity index (χ0v) is 24.6. The molecule has 0 aliphatic rings. The van der Waals surface area contributed by atoms with Crippen LogP contribution in [-0.4, -0.2) is 55.8 Å². The number of aliphatic hydroxyl groups excluding tert-OH is 1. The van der Waals surface area contributed by atoms with Crippen LogP contribution < -0.4 is 5.32 Å². The van der Waals surface area contributed by atoms with Crippen LogP contribution in [0.5, 0.6) is 0 Å². The lowest BCUT2D eigenvalue weighted by Gasteiger charge is -2.17. The van der Waals surface area contributed by atoms with Gasteiger partial charge in [0.1, 0.15) is 5.65 Å². The van der Waals surface area contributed by atoms with Gasteiger partial charge in [0.05, 0.1) is 33.9 Å². The van der Waals surface area contributed by atoms with Crippen LogP contribution in [0.25, 0.3) is 5.65 Å². The summed E-state index contributed by atoms with van der Waals surface area (Å²) in [5.74, 6) is -0.463. The Labute approximate surface area is 238 Å². The number of carbonyl (C=O) groups is 1. The first-order valence-electron chi connectivity index (χ1n) is 12.6. The number of pyridine rings is 1. The van der Waals surface area contributed by atoms with E-state index < -0.39 is 31.6 Å². The number of imidazole rings is 1. The van der Waals surface area contributed by atoms with E-state index in [0.29, 0.717) is 39.5 Å². The minimum Gasteiger partial charge on any atom is -0.394 e. The van der Waals surface area contributed by atoms with Gasteiger partial charge in [-0.1, -0.05) is 43.6 Å². The molecule has 0 radical (unpaired) electrons. The molecule has 4 aromatic rings. The van der Waals surface area contributed by atoms with Crippen molar-refractivity contribution >= 4 is 42.8 Å². The Balaban J connectivity index is 1.61. The van der Waals surface area contributed by atoms with Crippen LogP contribution in [0.3, 0.4) is 0 Å². The highest BCUT2D eigenvalue weighted by Crippen LogP contribution is 2.26. The number of amides is 1. The van der Waals surface area contributed by atoms with E-state index in [1.54, 1.807) is 49.5 Å². The highest BCUT2D eigenvalue weighted by molar-refractivity contribution is 7.91. The predicted molar refractivity (Wildman–Crippen MR) is 153 cm³/mol. The quantitative estimate of drug-likeness (QED) is 0.281. The first kappa shape index (κ1) is 29.7. The van der Waals surface area contributed by atoms with Crippen LogP contribution in [0, 0.1) is 0 Å². The second kappa shape index (κ2) is 11.7. The van der Waals surface area contributed by atoms with Gasteiger partial charge in [-0.2, -0.15) is 0 Å². The van der Waals surface area contributed by atoms with Crippen molar-refractivity contribution in [2.24, 2.45) is 0 Å². The Hall–Kier alpha value is -3.25. The molecule has 1 atom stereocenters. The molecule has 2 aromatic heterocycles. The van der Waals surface area contributed by atoms with Gasteiger partial charge in [0.2, 0.25) is 0 Å². The molecule has 0 saturated carbocycles. The van der Waals surface area contributed by atoms with Gasteiger partial charge in [-0.05, 0) is 53.9 Å². The molecule has 40 heavy (non-hydrogen) atoms. The number of rotatable bonds is 10. The van der Waals surface area contributed by atoms with E-state index in [-0.39, 0.29) is 28.6 Å². The molecule has 12 heteroatoms. The Kier molecular flexibility index (Phi) is 8.69. The highest BCUT2D eigenvalue weighted by Gasteiger charge is 2.21. The molecule has 0 spiro atoms. The number of hydrogen-bond donors (Lipinski definition) is 2.